The van der Waals surface area contributed by atoms with E-state index in [9.17, 15) is 0 Å². The number of nitrogens with one attached hydrogen (secondary N) is 2. The van der Waals surface area contributed by atoms with Gasteiger partial charge in [0, 0.05) is 32.6 Å². The lowest BCUT2D eigenvalue weighted by molar-refractivity contribution is 0.460. The van der Waals surface area contributed by atoms with E-state index >= 15 is 0 Å². The molecular formula is C21H36N6S. The van der Waals surface area contributed by atoms with Gasteiger partial charge in [0.1, 0.15) is 5.82 Å². The highest BCUT2D eigenvalue weighted by Gasteiger charge is 2.23. The Kier molecular flexibility index (Phi) is 8.70. The molecule has 6 nitrogen and oxygen atoms in total. The van der Waals surface area contributed by atoms with E-state index in [-0.39, 0.29) is 0 Å². The van der Waals surface area contributed by atoms with Crippen molar-refractivity contribution in [2.24, 2.45) is 4.99 Å². The molecule has 0 bridgehead atoms. The third kappa shape index (κ3) is 6.00. The topological polar surface area (TPSA) is 67.1 Å². The van der Waals surface area contributed by atoms with Crippen molar-refractivity contribution in [3.05, 3.63) is 17.5 Å². The van der Waals surface area contributed by atoms with Crippen LogP contribution < -0.4 is 10.6 Å². The summed E-state index contributed by atoms with van der Waals surface area (Å²) in [6.45, 7) is 1.85. The fourth-order valence-corrected chi connectivity index (χ4v) is 4.87. The normalized spacial score (nSPS) is 18.4. The maximum atomic E-state index is 4.48. The number of allylic oxidation sites excluding steroid dienone is 1. The number of guanidine groups is 1. The average Bonchev–Trinajstić information content (AvgIpc) is 3.39. The molecule has 0 saturated heterocycles. The van der Waals surface area contributed by atoms with Crippen molar-refractivity contribution in [1.29, 1.82) is 0 Å². The van der Waals surface area contributed by atoms with E-state index in [4.69, 9.17) is 0 Å². The zero-order valence-corrected chi connectivity index (χ0v) is 18.4. The summed E-state index contributed by atoms with van der Waals surface area (Å²) in [5.41, 5.74) is 1.60. The molecule has 1 saturated carbocycles. The number of rotatable bonds is 9. The van der Waals surface area contributed by atoms with Gasteiger partial charge in [-0.2, -0.15) is 0 Å². The minimum atomic E-state index is 0.601. The van der Waals surface area contributed by atoms with E-state index in [2.05, 4.69) is 42.7 Å². The first kappa shape index (κ1) is 21.2. The third-order valence-electron chi connectivity index (χ3n) is 5.82. The third-order valence-corrected chi connectivity index (χ3v) is 6.47. The second-order valence-electron chi connectivity index (χ2n) is 7.80. The van der Waals surface area contributed by atoms with Gasteiger partial charge in [0.2, 0.25) is 0 Å². The largest absolute Gasteiger partial charge is 0.356 e. The van der Waals surface area contributed by atoms with Crippen LogP contribution in [-0.4, -0.2) is 47.1 Å². The fraction of sp³-hybridized carbons (Fsp3) is 0.762. The van der Waals surface area contributed by atoms with Gasteiger partial charge < -0.3 is 15.2 Å². The summed E-state index contributed by atoms with van der Waals surface area (Å²) in [5, 5.41) is 16.9. The van der Waals surface area contributed by atoms with Gasteiger partial charge >= 0.3 is 0 Å². The van der Waals surface area contributed by atoms with Crippen LogP contribution in [0.25, 0.3) is 0 Å². The molecule has 1 fully saturated rings. The molecule has 0 amide bonds. The van der Waals surface area contributed by atoms with Crippen molar-refractivity contribution in [2.45, 2.75) is 81.8 Å². The van der Waals surface area contributed by atoms with Gasteiger partial charge in [-0.3, -0.25) is 4.99 Å². The Balaban J connectivity index is 1.39. The number of hydrogen-bond acceptors (Lipinski definition) is 4. The molecule has 3 rings (SSSR count). The predicted molar refractivity (Wildman–Crippen MR) is 118 cm³/mol. The second-order valence-corrected chi connectivity index (χ2v) is 8.57. The Labute approximate surface area is 174 Å². The highest BCUT2D eigenvalue weighted by atomic mass is 32.2. The molecule has 1 aromatic rings. The Morgan fingerprint density at radius 2 is 1.96 bits per heavy atom. The molecule has 156 valence electrons. The smallest absolute Gasteiger partial charge is 0.191 e. The van der Waals surface area contributed by atoms with Crippen LogP contribution in [0.1, 0.15) is 76.1 Å². The molecule has 2 aliphatic rings. The van der Waals surface area contributed by atoms with Gasteiger partial charge in [-0.1, -0.05) is 36.3 Å². The molecule has 2 aliphatic carbocycles. The molecule has 0 radical (unpaired) electrons. The SMILES string of the molecule is CN=C(NCCCc1nnc(SC)n1C1CCCC1)NCCC1=CCCCC1. The van der Waals surface area contributed by atoms with E-state index in [1.165, 1.54) is 51.4 Å². The Bertz CT molecular complexity index is 660. The van der Waals surface area contributed by atoms with Crippen LogP contribution in [0.4, 0.5) is 0 Å². The van der Waals surface area contributed by atoms with Crippen LogP contribution in [0, 0.1) is 0 Å². The first-order chi connectivity index (χ1) is 13.8. The van der Waals surface area contributed by atoms with Crippen molar-refractivity contribution in [3.8, 4) is 0 Å². The van der Waals surface area contributed by atoms with Crippen molar-refractivity contribution >= 4 is 17.7 Å². The molecule has 0 aromatic carbocycles. The van der Waals surface area contributed by atoms with Crippen LogP contribution in [0.3, 0.4) is 0 Å². The van der Waals surface area contributed by atoms with Crippen LogP contribution >= 0.6 is 11.8 Å². The number of hydrogen-bond donors (Lipinski definition) is 2. The Hall–Kier alpha value is -1.50. The Morgan fingerprint density at radius 3 is 2.68 bits per heavy atom. The predicted octanol–water partition coefficient (Wildman–Crippen LogP) is 4.10. The van der Waals surface area contributed by atoms with Crippen molar-refractivity contribution in [1.82, 2.24) is 25.4 Å². The molecule has 0 atom stereocenters. The molecule has 0 spiro atoms. The van der Waals surface area contributed by atoms with Gasteiger partial charge in [-0.15, -0.1) is 10.2 Å². The number of thioether (sulfide) groups is 1. The van der Waals surface area contributed by atoms with E-state index in [0.717, 1.165) is 49.3 Å². The zero-order valence-electron chi connectivity index (χ0n) is 17.5. The summed E-state index contributed by atoms with van der Waals surface area (Å²) >= 11 is 1.71. The monoisotopic (exact) mass is 404 g/mol. The van der Waals surface area contributed by atoms with E-state index in [0.29, 0.717) is 6.04 Å². The van der Waals surface area contributed by atoms with E-state index in [1.54, 1.807) is 17.3 Å². The van der Waals surface area contributed by atoms with Gasteiger partial charge in [0.15, 0.2) is 11.1 Å². The first-order valence-corrected chi connectivity index (χ1v) is 12.1. The van der Waals surface area contributed by atoms with E-state index < -0.39 is 0 Å². The number of aliphatic imine (C=N–C) groups is 1. The lowest BCUT2D eigenvalue weighted by Gasteiger charge is -2.17. The summed E-state index contributed by atoms with van der Waals surface area (Å²) < 4.78 is 2.41. The maximum Gasteiger partial charge on any atom is 0.191 e. The number of aromatic nitrogens is 3. The Morgan fingerprint density at radius 1 is 1.14 bits per heavy atom. The molecular weight excluding hydrogens is 368 g/mol. The van der Waals surface area contributed by atoms with Gasteiger partial charge in [-0.25, -0.2) is 0 Å². The van der Waals surface area contributed by atoms with Crippen molar-refractivity contribution < 1.29 is 0 Å². The minimum absolute atomic E-state index is 0.601. The lowest BCUT2D eigenvalue weighted by atomic mass is 9.97. The van der Waals surface area contributed by atoms with Gasteiger partial charge in [0.05, 0.1) is 0 Å². The number of aryl methyl sites for hydroxylation is 1. The standard InChI is InChI=1S/C21H36N6S/c1-22-20(24-16-14-17-9-4-3-5-10-17)23-15-8-13-19-25-26-21(28-2)27(19)18-11-6-7-12-18/h9,18H,3-8,10-16H2,1-2H3,(H2,22,23,24). The molecule has 1 aromatic heterocycles. The summed E-state index contributed by atoms with van der Waals surface area (Å²) in [4.78, 5) is 4.35. The highest BCUT2D eigenvalue weighted by Crippen LogP contribution is 2.33. The maximum absolute atomic E-state index is 4.48. The summed E-state index contributed by atoms with van der Waals surface area (Å²) in [5.74, 6) is 2.05. The van der Waals surface area contributed by atoms with Crippen LogP contribution in [0.5, 0.6) is 0 Å². The average molecular weight is 405 g/mol. The molecule has 0 aliphatic heterocycles. The first-order valence-electron chi connectivity index (χ1n) is 10.9. The highest BCUT2D eigenvalue weighted by molar-refractivity contribution is 7.98. The minimum Gasteiger partial charge on any atom is -0.356 e. The van der Waals surface area contributed by atoms with Gasteiger partial charge in [-0.05, 0) is 57.6 Å². The lowest BCUT2D eigenvalue weighted by Crippen LogP contribution is -2.38. The van der Waals surface area contributed by atoms with Gasteiger partial charge in [0.25, 0.3) is 0 Å². The van der Waals surface area contributed by atoms with Crippen molar-refractivity contribution in [2.75, 3.05) is 26.4 Å². The summed E-state index contributed by atoms with van der Waals surface area (Å²) in [6.07, 6.45) is 18.1. The molecule has 7 heteroatoms. The van der Waals surface area contributed by atoms with Crippen LogP contribution in [0.2, 0.25) is 0 Å². The summed E-state index contributed by atoms with van der Waals surface area (Å²) in [7, 11) is 1.84. The van der Waals surface area contributed by atoms with Crippen LogP contribution in [-0.2, 0) is 6.42 Å². The zero-order chi connectivity index (χ0) is 19.6. The molecule has 28 heavy (non-hydrogen) atoms. The second kappa shape index (κ2) is 11.5. The number of nitrogens with zero attached hydrogens (tertiary/aromatic N) is 4. The van der Waals surface area contributed by atoms with Crippen molar-refractivity contribution in [3.63, 3.8) is 0 Å². The fourth-order valence-electron chi connectivity index (χ4n) is 4.29. The quantitative estimate of drug-likeness (QED) is 0.213. The van der Waals surface area contributed by atoms with E-state index in [1.807, 2.05) is 7.05 Å². The van der Waals surface area contributed by atoms with Crippen LogP contribution in [0.15, 0.2) is 21.8 Å². The molecule has 1 heterocycles. The summed E-state index contributed by atoms with van der Waals surface area (Å²) in [6, 6.07) is 0.601. The molecule has 2 N–H and O–H groups in total. The molecule has 0 unspecified atom stereocenters.